The number of aryl methyl sites for hydroxylation is 2. The summed E-state index contributed by atoms with van der Waals surface area (Å²) in [6.07, 6.45) is 1.60. The number of nitrogens with one attached hydrogen (secondary N) is 2. The van der Waals surface area contributed by atoms with E-state index in [1.165, 1.54) is 11.1 Å². The van der Waals surface area contributed by atoms with Gasteiger partial charge in [-0.05, 0) is 43.2 Å². The van der Waals surface area contributed by atoms with Gasteiger partial charge in [0.15, 0.2) is 5.82 Å². The van der Waals surface area contributed by atoms with Crippen LogP contribution in [0.2, 0.25) is 0 Å². The molecule has 0 aliphatic rings. The maximum absolute atomic E-state index is 5.36. The summed E-state index contributed by atoms with van der Waals surface area (Å²) in [5.74, 6) is 1.94. The molecule has 6 heteroatoms. The Hall–Kier alpha value is -3.15. The van der Waals surface area contributed by atoms with Crippen LogP contribution >= 0.6 is 0 Å². The summed E-state index contributed by atoms with van der Waals surface area (Å²) >= 11 is 0. The van der Waals surface area contributed by atoms with Crippen molar-refractivity contribution in [1.29, 1.82) is 0 Å². The Kier molecular flexibility index (Phi) is 5.09. The monoisotopic (exact) mass is 335 g/mol. The molecule has 0 fully saturated rings. The van der Waals surface area contributed by atoms with Crippen molar-refractivity contribution in [2.24, 2.45) is 0 Å². The minimum Gasteiger partial charge on any atom is -0.496 e. The fraction of sp³-hybridized carbons (Fsp3) is 0.211. The number of ether oxygens (including phenoxy) is 1. The van der Waals surface area contributed by atoms with Crippen LogP contribution in [0.15, 0.2) is 48.7 Å². The van der Waals surface area contributed by atoms with Crippen LogP contribution in [0, 0.1) is 13.8 Å². The molecule has 0 aliphatic heterocycles. The maximum Gasteiger partial charge on any atom is 0.249 e. The zero-order valence-corrected chi connectivity index (χ0v) is 14.6. The van der Waals surface area contributed by atoms with Crippen molar-refractivity contribution in [3.05, 3.63) is 65.4 Å². The third kappa shape index (κ3) is 4.23. The molecule has 3 aromatic rings. The average molecular weight is 335 g/mol. The Morgan fingerprint density at radius 3 is 2.68 bits per heavy atom. The summed E-state index contributed by atoms with van der Waals surface area (Å²) in [4.78, 5) is 4.45. The molecule has 2 N–H and O–H groups in total. The Morgan fingerprint density at radius 2 is 1.88 bits per heavy atom. The predicted molar refractivity (Wildman–Crippen MR) is 99.3 cm³/mol. The van der Waals surface area contributed by atoms with E-state index in [1.54, 1.807) is 13.3 Å². The smallest absolute Gasteiger partial charge is 0.249 e. The zero-order chi connectivity index (χ0) is 17.6. The lowest BCUT2D eigenvalue weighted by Crippen LogP contribution is -2.06. The minimum atomic E-state index is 0.452. The van der Waals surface area contributed by atoms with Gasteiger partial charge in [0.2, 0.25) is 5.95 Å². The molecule has 1 aromatic heterocycles. The van der Waals surface area contributed by atoms with E-state index in [-0.39, 0.29) is 0 Å². The second-order valence-corrected chi connectivity index (χ2v) is 5.75. The van der Waals surface area contributed by atoms with Crippen LogP contribution in [0.5, 0.6) is 5.75 Å². The van der Waals surface area contributed by atoms with Crippen molar-refractivity contribution in [3.63, 3.8) is 0 Å². The highest BCUT2D eigenvalue weighted by Gasteiger charge is 2.05. The average Bonchev–Trinajstić information content (AvgIpc) is 2.63. The van der Waals surface area contributed by atoms with Crippen LogP contribution in [0.3, 0.4) is 0 Å². The second-order valence-electron chi connectivity index (χ2n) is 5.75. The predicted octanol–water partition coefficient (Wildman–Crippen LogP) is 3.85. The van der Waals surface area contributed by atoms with E-state index in [1.807, 2.05) is 30.3 Å². The van der Waals surface area contributed by atoms with E-state index in [0.29, 0.717) is 18.3 Å². The van der Waals surface area contributed by atoms with Gasteiger partial charge in [-0.2, -0.15) is 10.1 Å². The first kappa shape index (κ1) is 16.7. The molecule has 2 aromatic carbocycles. The van der Waals surface area contributed by atoms with Crippen LogP contribution < -0.4 is 15.4 Å². The number of para-hydroxylation sites is 1. The molecule has 1 heterocycles. The van der Waals surface area contributed by atoms with Gasteiger partial charge < -0.3 is 15.4 Å². The summed E-state index contributed by atoms with van der Waals surface area (Å²) in [6, 6.07) is 14.0. The van der Waals surface area contributed by atoms with Gasteiger partial charge in [-0.3, -0.25) is 0 Å². The van der Waals surface area contributed by atoms with Gasteiger partial charge >= 0.3 is 0 Å². The number of hydrogen-bond donors (Lipinski definition) is 2. The number of benzene rings is 2. The van der Waals surface area contributed by atoms with Crippen molar-refractivity contribution in [2.45, 2.75) is 20.4 Å². The summed E-state index contributed by atoms with van der Waals surface area (Å²) in [5, 5.41) is 14.5. The molecular formula is C19H21N5O. The molecule has 0 spiro atoms. The number of anilines is 3. The molecule has 0 saturated carbocycles. The van der Waals surface area contributed by atoms with Gasteiger partial charge in [-0.15, -0.1) is 5.10 Å². The molecular weight excluding hydrogens is 314 g/mol. The third-order valence-electron chi connectivity index (χ3n) is 3.97. The molecule has 0 atom stereocenters. The van der Waals surface area contributed by atoms with Crippen LogP contribution in [0.25, 0.3) is 0 Å². The molecule has 0 saturated heterocycles. The highest BCUT2D eigenvalue weighted by Crippen LogP contribution is 2.20. The maximum atomic E-state index is 5.36. The Balaban J connectivity index is 1.70. The quantitative estimate of drug-likeness (QED) is 0.713. The lowest BCUT2D eigenvalue weighted by Gasteiger charge is -2.11. The Bertz CT molecular complexity index is 866. The molecule has 6 nitrogen and oxygen atoms in total. The largest absolute Gasteiger partial charge is 0.496 e. The van der Waals surface area contributed by atoms with Gasteiger partial charge in [0.25, 0.3) is 0 Å². The van der Waals surface area contributed by atoms with E-state index in [0.717, 1.165) is 17.0 Å². The first-order valence-electron chi connectivity index (χ1n) is 8.05. The summed E-state index contributed by atoms with van der Waals surface area (Å²) in [7, 11) is 1.66. The van der Waals surface area contributed by atoms with Gasteiger partial charge in [0.1, 0.15) is 5.75 Å². The summed E-state index contributed by atoms with van der Waals surface area (Å²) in [5.41, 5.74) is 4.44. The molecule has 0 bridgehead atoms. The normalized spacial score (nSPS) is 10.4. The number of hydrogen-bond acceptors (Lipinski definition) is 6. The molecule has 128 valence electrons. The third-order valence-corrected chi connectivity index (χ3v) is 3.97. The Morgan fingerprint density at radius 1 is 1.04 bits per heavy atom. The highest BCUT2D eigenvalue weighted by molar-refractivity contribution is 5.56. The molecule has 0 aliphatic carbocycles. The van der Waals surface area contributed by atoms with Crippen LogP contribution in [-0.2, 0) is 6.54 Å². The lowest BCUT2D eigenvalue weighted by molar-refractivity contribution is 0.410. The topological polar surface area (TPSA) is 72.0 Å². The van der Waals surface area contributed by atoms with Crippen molar-refractivity contribution in [3.8, 4) is 5.75 Å². The number of nitrogens with zero attached hydrogens (tertiary/aromatic N) is 3. The fourth-order valence-electron chi connectivity index (χ4n) is 2.42. The van der Waals surface area contributed by atoms with Crippen molar-refractivity contribution in [2.75, 3.05) is 17.7 Å². The van der Waals surface area contributed by atoms with Crippen LogP contribution in [0.1, 0.15) is 16.7 Å². The van der Waals surface area contributed by atoms with Crippen molar-refractivity contribution < 1.29 is 4.74 Å². The minimum absolute atomic E-state index is 0.452. The van der Waals surface area contributed by atoms with Crippen molar-refractivity contribution >= 4 is 17.5 Å². The van der Waals surface area contributed by atoms with Gasteiger partial charge in [0.05, 0.1) is 13.3 Å². The first-order valence-corrected chi connectivity index (χ1v) is 8.05. The number of aromatic nitrogens is 3. The standard InChI is InChI=1S/C19H21N5O/c1-13-8-9-16(10-14(13)2)22-19-23-18(12-21-24-19)20-11-15-6-4-5-7-17(15)25-3/h4-10,12H,11H2,1-3H3,(H2,20,22,23,24). The van der Waals surface area contributed by atoms with E-state index in [4.69, 9.17) is 4.74 Å². The second kappa shape index (κ2) is 7.61. The van der Waals surface area contributed by atoms with E-state index in [2.05, 4.69) is 51.8 Å². The molecule has 0 amide bonds. The van der Waals surface area contributed by atoms with Crippen molar-refractivity contribution in [1.82, 2.24) is 15.2 Å². The number of rotatable bonds is 6. The van der Waals surface area contributed by atoms with E-state index >= 15 is 0 Å². The molecule has 0 unspecified atom stereocenters. The van der Waals surface area contributed by atoms with Crippen LogP contribution in [-0.4, -0.2) is 22.3 Å². The van der Waals surface area contributed by atoms with Crippen LogP contribution in [0.4, 0.5) is 17.5 Å². The van der Waals surface area contributed by atoms with E-state index in [9.17, 15) is 0 Å². The molecule has 3 rings (SSSR count). The fourth-order valence-corrected chi connectivity index (χ4v) is 2.42. The summed E-state index contributed by atoms with van der Waals surface area (Å²) in [6.45, 7) is 4.75. The Labute approximate surface area is 147 Å². The number of methoxy groups -OCH3 is 1. The molecule has 0 radical (unpaired) electrons. The highest BCUT2D eigenvalue weighted by atomic mass is 16.5. The summed E-state index contributed by atoms with van der Waals surface area (Å²) < 4.78 is 5.36. The lowest BCUT2D eigenvalue weighted by atomic mass is 10.1. The molecule has 25 heavy (non-hydrogen) atoms. The zero-order valence-electron chi connectivity index (χ0n) is 14.6. The first-order chi connectivity index (χ1) is 12.2. The van der Waals surface area contributed by atoms with E-state index < -0.39 is 0 Å². The van der Waals surface area contributed by atoms with Gasteiger partial charge in [-0.25, -0.2) is 0 Å². The SMILES string of the molecule is COc1ccccc1CNc1cnnc(Nc2ccc(C)c(C)c2)n1. The van der Waals surface area contributed by atoms with Gasteiger partial charge in [-0.1, -0.05) is 24.3 Å². The van der Waals surface area contributed by atoms with Gasteiger partial charge in [0, 0.05) is 17.8 Å².